The summed E-state index contributed by atoms with van der Waals surface area (Å²) in [5.41, 5.74) is 0.853. The summed E-state index contributed by atoms with van der Waals surface area (Å²) in [7, 11) is 0. The van der Waals surface area contributed by atoms with Gasteiger partial charge in [-0.25, -0.2) is 0 Å². The maximum absolute atomic E-state index is 12.4. The molecule has 1 fully saturated rings. The lowest BCUT2D eigenvalue weighted by molar-refractivity contribution is -0.137. The molecule has 2 aliphatic heterocycles. The molecule has 1 aromatic heterocycles. The average molecular weight is 383 g/mol. The third kappa shape index (κ3) is 3.88. The Bertz CT molecular complexity index is 649. The van der Waals surface area contributed by atoms with Crippen molar-refractivity contribution in [2.24, 2.45) is 0 Å². The summed E-state index contributed by atoms with van der Waals surface area (Å²) in [6.07, 6.45) is 4.44. The summed E-state index contributed by atoms with van der Waals surface area (Å²) >= 11 is 3.16. The standard InChI is InChI=1S/C18H26N2O3S2/c1-12(2)19-17(22)15-10-13-14(25-15)4-9-23-18(13)5-7-20(8-6-18)16(21)11-24-3/h10,12H,4-9,11H2,1-3H3,(H,19,22). The normalized spacial score (nSPS) is 19.1. The molecule has 0 unspecified atom stereocenters. The van der Waals surface area contributed by atoms with Crippen LogP contribution in [0.25, 0.3) is 0 Å². The Balaban J connectivity index is 1.77. The lowest BCUT2D eigenvalue weighted by atomic mass is 9.82. The number of likely N-dealkylation sites (tertiary alicyclic amines) is 1. The number of piperidine rings is 1. The molecule has 0 bridgehead atoms. The van der Waals surface area contributed by atoms with Crippen molar-refractivity contribution < 1.29 is 14.3 Å². The van der Waals surface area contributed by atoms with E-state index in [0.717, 1.165) is 37.2 Å². The third-order valence-electron chi connectivity index (χ3n) is 4.84. The third-order valence-corrected chi connectivity index (χ3v) is 6.57. The van der Waals surface area contributed by atoms with Crippen molar-refractivity contribution in [3.63, 3.8) is 0 Å². The van der Waals surface area contributed by atoms with Crippen LogP contribution in [-0.4, -0.2) is 54.5 Å². The van der Waals surface area contributed by atoms with E-state index >= 15 is 0 Å². The summed E-state index contributed by atoms with van der Waals surface area (Å²) in [4.78, 5) is 28.5. The average Bonchev–Trinajstić information content (AvgIpc) is 3.01. The smallest absolute Gasteiger partial charge is 0.261 e. The van der Waals surface area contributed by atoms with Crippen LogP contribution in [0.4, 0.5) is 0 Å². The minimum absolute atomic E-state index is 0.00265. The van der Waals surface area contributed by atoms with Crippen LogP contribution in [-0.2, 0) is 21.6 Å². The number of nitrogens with one attached hydrogen (secondary N) is 1. The predicted octanol–water partition coefficient (Wildman–Crippen LogP) is 2.64. The zero-order valence-electron chi connectivity index (χ0n) is 15.1. The van der Waals surface area contributed by atoms with Gasteiger partial charge < -0.3 is 15.0 Å². The molecule has 0 aromatic carbocycles. The van der Waals surface area contributed by atoms with Gasteiger partial charge in [0.15, 0.2) is 0 Å². The van der Waals surface area contributed by atoms with Gasteiger partial charge in [-0.05, 0) is 44.6 Å². The van der Waals surface area contributed by atoms with Gasteiger partial charge in [0.05, 0.1) is 22.8 Å². The van der Waals surface area contributed by atoms with E-state index in [9.17, 15) is 9.59 Å². The number of rotatable bonds is 4. The van der Waals surface area contributed by atoms with Gasteiger partial charge in [0.1, 0.15) is 0 Å². The fourth-order valence-corrected chi connectivity index (χ4v) is 5.17. The Hall–Kier alpha value is -1.05. The lowest BCUT2D eigenvalue weighted by Crippen LogP contribution is -2.48. The first-order valence-corrected chi connectivity index (χ1v) is 11.0. The summed E-state index contributed by atoms with van der Waals surface area (Å²) in [6.45, 7) is 6.08. The second kappa shape index (κ2) is 7.68. The highest BCUT2D eigenvalue weighted by Crippen LogP contribution is 2.44. The monoisotopic (exact) mass is 382 g/mol. The van der Waals surface area contributed by atoms with Gasteiger partial charge in [0.2, 0.25) is 5.91 Å². The molecule has 25 heavy (non-hydrogen) atoms. The number of amides is 2. The number of nitrogens with zero attached hydrogens (tertiary/aromatic N) is 1. The molecule has 7 heteroatoms. The number of fused-ring (bicyclic) bond motifs is 2. The van der Waals surface area contributed by atoms with E-state index in [1.807, 2.05) is 31.1 Å². The molecule has 138 valence electrons. The van der Waals surface area contributed by atoms with E-state index in [4.69, 9.17) is 4.74 Å². The summed E-state index contributed by atoms with van der Waals surface area (Å²) in [5, 5.41) is 2.97. The Morgan fingerprint density at radius 2 is 2.12 bits per heavy atom. The second-order valence-electron chi connectivity index (χ2n) is 6.98. The van der Waals surface area contributed by atoms with Crippen molar-refractivity contribution >= 4 is 34.9 Å². The fraction of sp³-hybridized carbons (Fsp3) is 0.667. The Morgan fingerprint density at radius 1 is 1.40 bits per heavy atom. The molecule has 0 saturated carbocycles. The van der Waals surface area contributed by atoms with Crippen molar-refractivity contribution in [3.05, 3.63) is 21.4 Å². The van der Waals surface area contributed by atoms with Gasteiger partial charge in [-0.2, -0.15) is 11.8 Å². The number of carbonyl (C=O) groups is 2. The van der Waals surface area contributed by atoms with Gasteiger partial charge in [-0.1, -0.05) is 0 Å². The highest BCUT2D eigenvalue weighted by molar-refractivity contribution is 7.99. The molecule has 3 heterocycles. The van der Waals surface area contributed by atoms with Gasteiger partial charge in [-0.3, -0.25) is 9.59 Å². The first kappa shape index (κ1) is 18.7. The SMILES string of the molecule is CSCC(=O)N1CCC2(CC1)OCCc1sc(C(=O)NC(C)C)cc12. The van der Waals surface area contributed by atoms with E-state index in [-0.39, 0.29) is 23.5 Å². The number of hydrogen-bond donors (Lipinski definition) is 1. The van der Waals surface area contributed by atoms with Crippen LogP contribution in [0.5, 0.6) is 0 Å². The Kier molecular flexibility index (Phi) is 5.75. The molecule has 1 spiro atoms. The summed E-state index contributed by atoms with van der Waals surface area (Å²) in [5.74, 6) is 0.745. The number of ether oxygens (including phenoxy) is 1. The molecule has 2 aliphatic rings. The Labute approximate surface area is 157 Å². The van der Waals surface area contributed by atoms with Gasteiger partial charge in [0, 0.05) is 30.4 Å². The quantitative estimate of drug-likeness (QED) is 0.870. The zero-order chi connectivity index (χ0) is 18.0. The number of carbonyl (C=O) groups excluding carboxylic acids is 2. The van der Waals surface area contributed by atoms with Crippen LogP contribution in [0, 0.1) is 0 Å². The largest absolute Gasteiger partial charge is 0.370 e. The van der Waals surface area contributed by atoms with E-state index in [2.05, 4.69) is 5.32 Å². The van der Waals surface area contributed by atoms with Crippen molar-refractivity contribution in [1.82, 2.24) is 10.2 Å². The first-order chi connectivity index (χ1) is 11.9. The summed E-state index contributed by atoms with van der Waals surface area (Å²) in [6, 6.07) is 2.15. The van der Waals surface area contributed by atoms with Gasteiger partial charge in [-0.15, -0.1) is 11.3 Å². The van der Waals surface area contributed by atoms with Crippen molar-refractivity contribution in [2.75, 3.05) is 31.7 Å². The predicted molar refractivity (Wildman–Crippen MR) is 102 cm³/mol. The van der Waals surface area contributed by atoms with Gasteiger partial charge in [0.25, 0.3) is 5.91 Å². The molecule has 0 aliphatic carbocycles. The molecule has 5 nitrogen and oxygen atoms in total. The van der Waals surface area contributed by atoms with Crippen molar-refractivity contribution in [3.8, 4) is 0 Å². The zero-order valence-corrected chi connectivity index (χ0v) is 16.7. The molecule has 3 rings (SSSR count). The van der Waals surface area contributed by atoms with E-state index in [0.29, 0.717) is 12.4 Å². The fourth-order valence-electron chi connectivity index (χ4n) is 3.61. The number of hydrogen-bond acceptors (Lipinski definition) is 5. The van der Waals surface area contributed by atoms with Crippen LogP contribution in [0.2, 0.25) is 0 Å². The molecule has 1 saturated heterocycles. The molecular weight excluding hydrogens is 356 g/mol. The van der Waals surface area contributed by atoms with Crippen molar-refractivity contribution in [1.29, 1.82) is 0 Å². The Morgan fingerprint density at radius 3 is 2.76 bits per heavy atom. The minimum Gasteiger partial charge on any atom is -0.370 e. The molecule has 2 amide bonds. The highest BCUT2D eigenvalue weighted by Gasteiger charge is 2.43. The second-order valence-corrected chi connectivity index (χ2v) is 8.98. The van der Waals surface area contributed by atoms with E-state index in [1.54, 1.807) is 23.1 Å². The van der Waals surface area contributed by atoms with Crippen LogP contribution < -0.4 is 5.32 Å². The van der Waals surface area contributed by atoms with Crippen LogP contribution in [0.15, 0.2) is 6.07 Å². The first-order valence-electron chi connectivity index (χ1n) is 8.80. The maximum atomic E-state index is 12.4. The van der Waals surface area contributed by atoms with Crippen LogP contribution >= 0.6 is 23.1 Å². The van der Waals surface area contributed by atoms with Crippen molar-refractivity contribution in [2.45, 2.75) is 44.8 Å². The molecule has 1 aromatic rings. The van der Waals surface area contributed by atoms with Crippen LogP contribution in [0.1, 0.15) is 46.8 Å². The molecule has 1 N–H and O–H groups in total. The highest BCUT2D eigenvalue weighted by atomic mass is 32.2. The van der Waals surface area contributed by atoms with Crippen LogP contribution in [0.3, 0.4) is 0 Å². The van der Waals surface area contributed by atoms with E-state index in [1.165, 1.54) is 10.4 Å². The maximum Gasteiger partial charge on any atom is 0.261 e. The summed E-state index contributed by atoms with van der Waals surface area (Å²) < 4.78 is 6.23. The number of thiophene rings is 1. The minimum atomic E-state index is -0.323. The number of thioether (sulfide) groups is 1. The van der Waals surface area contributed by atoms with Gasteiger partial charge >= 0.3 is 0 Å². The molecule has 0 atom stereocenters. The molecular formula is C18H26N2O3S2. The molecule has 0 radical (unpaired) electrons. The lowest BCUT2D eigenvalue weighted by Gasteiger charge is -2.44. The topological polar surface area (TPSA) is 58.6 Å². The van der Waals surface area contributed by atoms with E-state index < -0.39 is 0 Å².